The monoisotopic (exact) mass is 541 g/mol. The highest BCUT2D eigenvalue weighted by Gasteiger charge is 2.22. The third-order valence-corrected chi connectivity index (χ3v) is 7.31. The Morgan fingerprint density at radius 1 is 0.947 bits per heavy atom. The molecule has 0 saturated carbocycles. The van der Waals surface area contributed by atoms with Crippen LogP contribution in [0, 0.1) is 0 Å². The van der Waals surface area contributed by atoms with Crippen LogP contribution in [0.5, 0.6) is 23.0 Å². The molecule has 0 unspecified atom stereocenters. The molecule has 1 aliphatic rings. The van der Waals surface area contributed by atoms with Crippen molar-refractivity contribution in [3.05, 3.63) is 63.6 Å². The molecule has 1 aromatic heterocycles. The lowest BCUT2D eigenvalue weighted by atomic mass is 10.1. The summed E-state index contributed by atoms with van der Waals surface area (Å²) in [5, 5.41) is 2.74. The molecule has 204 valence electrons. The van der Waals surface area contributed by atoms with Gasteiger partial charge in [-0.05, 0) is 30.2 Å². The van der Waals surface area contributed by atoms with Crippen molar-refractivity contribution in [3.8, 4) is 23.0 Å². The average Bonchev–Trinajstić information content (AvgIpc) is 3.44. The van der Waals surface area contributed by atoms with Crippen molar-refractivity contribution >= 4 is 17.2 Å². The van der Waals surface area contributed by atoms with Gasteiger partial charge in [-0.2, -0.15) is 0 Å². The molecule has 0 N–H and O–H groups in total. The van der Waals surface area contributed by atoms with E-state index in [1.54, 1.807) is 33.3 Å². The van der Waals surface area contributed by atoms with Crippen LogP contribution >= 0.6 is 11.3 Å². The maximum Gasteiger partial charge on any atom is 0.273 e. The first-order valence-corrected chi connectivity index (χ1v) is 13.4. The molecule has 2 aromatic carbocycles. The summed E-state index contributed by atoms with van der Waals surface area (Å²) in [6.45, 7) is 4.33. The minimum absolute atomic E-state index is 0.0375. The number of nitrogens with zero attached hydrogens (tertiary/aromatic N) is 3. The van der Waals surface area contributed by atoms with E-state index in [2.05, 4.69) is 11.0 Å². The van der Waals surface area contributed by atoms with Crippen LogP contribution in [0.15, 0.2) is 41.8 Å². The fourth-order valence-corrected chi connectivity index (χ4v) is 5.17. The van der Waals surface area contributed by atoms with Gasteiger partial charge in [-0.15, -0.1) is 11.3 Å². The molecule has 0 radical (unpaired) electrons. The van der Waals surface area contributed by atoms with E-state index in [4.69, 9.17) is 28.7 Å². The molecular formula is C28H35N3O6S. The fraction of sp³-hybridized carbons (Fsp3) is 0.429. The number of carbonyl (C=O) groups excluding carboxylic acids is 1. The second kappa shape index (κ2) is 13.5. The van der Waals surface area contributed by atoms with E-state index in [-0.39, 0.29) is 5.91 Å². The van der Waals surface area contributed by atoms with Crippen LogP contribution in [0.4, 0.5) is 0 Å². The lowest BCUT2D eigenvalue weighted by Gasteiger charge is -2.26. The highest BCUT2D eigenvalue weighted by molar-refractivity contribution is 7.09. The zero-order valence-electron chi connectivity index (χ0n) is 22.4. The standard InChI is InChI=1S/C28H35N3O6S/c1-33-22-7-6-21(25(16-22)35-3)17-30(10-9-20-5-8-24(34-2)26(15-20)36-4)18-27-29-23(19-38-27)28(32)31-11-13-37-14-12-31/h5-8,15-16,19H,9-14,17-18H2,1-4H3. The van der Waals surface area contributed by atoms with Gasteiger partial charge in [0.15, 0.2) is 11.5 Å². The molecule has 1 fully saturated rings. The number of rotatable bonds is 12. The van der Waals surface area contributed by atoms with E-state index >= 15 is 0 Å². The average molecular weight is 542 g/mol. The number of ether oxygens (including phenoxy) is 5. The van der Waals surface area contributed by atoms with Gasteiger partial charge in [-0.25, -0.2) is 4.98 Å². The number of aromatic nitrogens is 1. The molecule has 0 spiro atoms. The normalized spacial score (nSPS) is 13.4. The molecule has 1 amide bonds. The van der Waals surface area contributed by atoms with Gasteiger partial charge in [-0.1, -0.05) is 12.1 Å². The number of carbonyl (C=O) groups is 1. The number of morpholine rings is 1. The van der Waals surface area contributed by atoms with Crippen LogP contribution < -0.4 is 18.9 Å². The quantitative estimate of drug-likeness (QED) is 0.342. The van der Waals surface area contributed by atoms with Crippen molar-refractivity contribution in [1.82, 2.24) is 14.8 Å². The van der Waals surface area contributed by atoms with Crippen LogP contribution in [-0.4, -0.2) is 82.0 Å². The van der Waals surface area contributed by atoms with E-state index in [0.717, 1.165) is 40.6 Å². The van der Waals surface area contributed by atoms with Gasteiger partial charge in [0.25, 0.3) is 5.91 Å². The van der Waals surface area contributed by atoms with E-state index in [1.807, 2.05) is 35.7 Å². The molecule has 10 heteroatoms. The van der Waals surface area contributed by atoms with Crippen molar-refractivity contribution in [2.45, 2.75) is 19.5 Å². The first-order valence-electron chi connectivity index (χ1n) is 12.5. The second-order valence-corrected chi connectivity index (χ2v) is 9.80. The number of hydrogen-bond donors (Lipinski definition) is 0. The number of amides is 1. The molecule has 3 aromatic rings. The van der Waals surface area contributed by atoms with Gasteiger partial charge in [0.05, 0.1) is 48.2 Å². The zero-order valence-corrected chi connectivity index (χ0v) is 23.2. The topological polar surface area (TPSA) is 82.6 Å². The lowest BCUT2D eigenvalue weighted by Crippen LogP contribution is -2.40. The van der Waals surface area contributed by atoms with E-state index < -0.39 is 0 Å². The van der Waals surface area contributed by atoms with Crippen LogP contribution in [-0.2, 0) is 24.2 Å². The Morgan fingerprint density at radius 3 is 2.42 bits per heavy atom. The van der Waals surface area contributed by atoms with Crippen LogP contribution in [0.3, 0.4) is 0 Å². The molecule has 0 aliphatic carbocycles. The Balaban J connectivity index is 1.52. The number of methoxy groups -OCH3 is 4. The molecular weight excluding hydrogens is 506 g/mol. The number of hydrogen-bond acceptors (Lipinski definition) is 9. The van der Waals surface area contributed by atoms with Gasteiger partial charge in [0.1, 0.15) is 22.2 Å². The molecule has 4 rings (SSSR count). The minimum Gasteiger partial charge on any atom is -0.497 e. The van der Waals surface area contributed by atoms with Crippen LogP contribution in [0.1, 0.15) is 26.6 Å². The first kappa shape index (κ1) is 27.7. The summed E-state index contributed by atoms with van der Waals surface area (Å²) in [6.07, 6.45) is 0.795. The summed E-state index contributed by atoms with van der Waals surface area (Å²) in [5.41, 5.74) is 2.67. The molecule has 0 bridgehead atoms. The van der Waals surface area contributed by atoms with E-state index in [0.29, 0.717) is 56.6 Å². The van der Waals surface area contributed by atoms with Crippen molar-refractivity contribution in [3.63, 3.8) is 0 Å². The van der Waals surface area contributed by atoms with Gasteiger partial charge < -0.3 is 28.6 Å². The Labute approximate surface area is 227 Å². The van der Waals surface area contributed by atoms with Crippen LogP contribution in [0.2, 0.25) is 0 Å². The third-order valence-electron chi connectivity index (χ3n) is 6.48. The summed E-state index contributed by atoms with van der Waals surface area (Å²) in [4.78, 5) is 21.7. The lowest BCUT2D eigenvalue weighted by molar-refractivity contribution is 0.0299. The molecule has 1 saturated heterocycles. The molecule has 9 nitrogen and oxygen atoms in total. The molecule has 0 atom stereocenters. The van der Waals surface area contributed by atoms with Gasteiger partial charge in [0.2, 0.25) is 0 Å². The summed E-state index contributed by atoms with van der Waals surface area (Å²) in [6, 6.07) is 11.8. The largest absolute Gasteiger partial charge is 0.497 e. The maximum absolute atomic E-state index is 12.9. The van der Waals surface area contributed by atoms with Gasteiger partial charge in [0, 0.05) is 43.2 Å². The van der Waals surface area contributed by atoms with Gasteiger partial charge in [-0.3, -0.25) is 9.69 Å². The Bertz CT molecular complexity index is 1210. The highest BCUT2D eigenvalue weighted by atomic mass is 32.1. The summed E-state index contributed by atoms with van der Waals surface area (Å²) >= 11 is 1.51. The highest BCUT2D eigenvalue weighted by Crippen LogP contribution is 2.29. The van der Waals surface area contributed by atoms with Crippen molar-refractivity contribution in [2.24, 2.45) is 0 Å². The minimum atomic E-state index is -0.0375. The molecule has 1 aliphatic heterocycles. The van der Waals surface area contributed by atoms with E-state index in [9.17, 15) is 4.79 Å². The Morgan fingerprint density at radius 2 is 1.71 bits per heavy atom. The fourth-order valence-electron chi connectivity index (χ4n) is 4.36. The van der Waals surface area contributed by atoms with E-state index in [1.165, 1.54) is 11.3 Å². The molecule has 38 heavy (non-hydrogen) atoms. The van der Waals surface area contributed by atoms with Crippen molar-refractivity contribution in [1.29, 1.82) is 0 Å². The summed E-state index contributed by atoms with van der Waals surface area (Å²) in [7, 11) is 6.58. The Hall–Kier alpha value is -3.34. The smallest absolute Gasteiger partial charge is 0.273 e. The first-order chi connectivity index (χ1) is 18.5. The Kier molecular flexibility index (Phi) is 9.80. The second-order valence-electron chi connectivity index (χ2n) is 8.86. The number of thiazole rings is 1. The van der Waals surface area contributed by atoms with Gasteiger partial charge >= 0.3 is 0 Å². The summed E-state index contributed by atoms with van der Waals surface area (Å²) in [5.74, 6) is 2.89. The maximum atomic E-state index is 12.9. The van der Waals surface area contributed by atoms with Crippen molar-refractivity contribution < 1.29 is 28.5 Å². The number of benzene rings is 2. The van der Waals surface area contributed by atoms with Crippen LogP contribution in [0.25, 0.3) is 0 Å². The summed E-state index contributed by atoms with van der Waals surface area (Å²) < 4.78 is 27.3. The van der Waals surface area contributed by atoms with Crippen molar-refractivity contribution in [2.75, 3.05) is 61.3 Å². The predicted molar refractivity (Wildman–Crippen MR) is 146 cm³/mol. The third kappa shape index (κ3) is 6.94. The predicted octanol–water partition coefficient (Wildman–Crippen LogP) is 3.89. The SMILES string of the molecule is COc1ccc(CN(CCc2ccc(OC)c(OC)c2)Cc2nc(C(=O)N3CCOCC3)cs2)c(OC)c1. The molecule has 2 heterocycles. The zero-order chi connectivity index (χ0) is 26.9.